The Morgan fingerprint density at radius 2 is 1.71 bits per heavy atom. The van der Waals surface area contributed by atoms with E-state index in [1.807, 2.05) is 60.7 Å². The molecule has 0 saturated carbocycles. The van der Waals surface area contributed by atoms with Gasteiger partial charge in [0.2, 0.25) is 6.41 Å². The van der Waals surface area contributed by atoms with Gasteiger partial charge in [0.05, 0.1) is 19.6 Å². The lowest BCUT2D eigenvalue weighted by Crippen LogP contribution is -2.41. The van der Waals surface area contributed by atoms with E-state index in [1.165, 1.54) is 7.11 Å². The number of hydrogen-bond acceptors (Lipinski definition) is 4. The van der Waals surface area contributed by atoms with E-state index in [0.717, 1.165) is 17.5 Å². The lowest BCUT2D eigenvalue weighted by Gasteiger charge is -2.33. The van der Waals surface area contributed by atoms with Gasteiger partial charge in [-0.05, 0) is 11.1 Å². The van der Waals surface area contributed by atoms with Crippen LogP contribution in [0.5, 0.6) is 0 Å². The topological polar surface area (TPSA) is 72.6 Å². The molecule has 0 spiro atoms. The second kappa shape index (κ2) is 8.84. The molecule has 2 N–H and O–H groups in total. The second-order valence-electron chi connectivity index (χ2n) is 5.56. The molecule has 2 aromatic rings. The molecule has 0 saturated heterocycles. The fourth-order valence-corrected chi connectivity index (χ4v) is 2.72. The molecule has 2 unspecified atom stereocenters. The van der Waals surface area contributed by atoms with Gasteiger partial charge in [-0.2, -0.15) is 0 Å². The number of esters is 1. The van der Waals surface area contributed by atoms with Crippen molar-refractivity contribution < 1.29 is 14.3 Å². The van der Waals surface area contributed by atoms with Crippen LogP contribution in [0.3, 0.4) is 0 Å². The standard InChI is InChI=1S/C19H22N2O3/c1-24-18(23)12-17(20)19(16-10-6-3-7-11-16)21(14-22)13-15-8-4-2-5-9-15/h2-11,14,17,19H,12-13,20H2,1H3. The Labute approximate surface area is 142 Å². The highest BCUT2D eigenvalue weighted by Gasteiger charge is 2.28. The number of nitrogens with two attached hydrogens (primary N) is 1. The van der Waals surface area contributed by atoms with Crippen molar-refractivity contribution >= 4 is 12.4 Å². The summed E-state index contributed by atoms with van der Waals surface area (Å²) in [6.07, 6.45) is 0.816. The third-order valence-corrected chi connectivity index (χ3v) is 3.88. The van der Waals surface area contributed by atoms with E-state index in [2.05, 4.69) is 0 Å². The highest BCUT2D eigenvalue weighted by Crippen LogP contribution is 2.26. The molecule has 0 aromatic heterocycles. The maximum Gasteiger partial charge on any atom is 0.307 e. The molecule has 1 amide bonds. The van der Waals surface area contributed by atoms with Gasteiger partial charge in [0.25, 0.3) is 0 Å². The first-order chi connectivity index (χ1) is 11.7. The van der Waals surface area contributed by atoms with Crippen molar-refractivity contribution in [2.45, 2.75) is 25.0 Å². The Morgan fingerprint density at radius 3 is 2.25 bits per heavy atom. The van der Waals surface area contributed by atoms with Crippen molar-refractivity contribution in [3.63, 3.8) is 0 Å². The average molecular weight is 326 g/mol. The van der Waals surface area contributed by atoms with Crippen molar-refractivity contribution in [3.8, 4) is 0 Å². The Hall–Kier alpha value is -2.66. The molecule has 0 fully saturated rings. The largest absolute Gasteiger partial charge is 0.469 e. The number of hydrogen-bond donors (Lipinski definition) is 1. The van der Waals surface area contributed by atoms with E-state index >= 15 is 0 Å². The van der Waals surface area contributed by atoms with Crippen LogP contribution < -0.4 is 5.73 Å². The van der Waals surface area contributed by atoms with Crippen LogP contribution in [-0.2, 0) is 20.9 Å². The number of nitrogens with zero attached hydrogens (tertiary/aromatic N) is 1. The molecular weight excluding hydrogens is 304 g/mol. The van der Waals surface area contributed by atoms with Crippen molar-refractivity contribution in [2.24, 2.45) is 5.73 Å². The monoisotopic (exact) mass is 326 g/mol. The van der Waals surface area contributed by atoms with Crippen LogP contribution in [0, 0.1) is 0 Å². The number of carbonyl (C=O) groups excluding carboxylic acids is 2. The first-order valence-electron chi connectivity index (χ1n) is 7.78. The van der Waals surface area contributed by atoms with Crippen LogP contribution >= 0.6 is 0 Å². The summed E-state index contributed by atoms with van der Waals surface area (Å²) in [6, 6.07) is 18.2. The molecule has 2 aromatic carbocycles. The normalized spacial score (nSPS) is 12.9. The number of rotatable bonds is 8. The molecule has 5 heteroatoms. The predicted octanol–water partition coefficient (Wildman–Crippen LogP) is 2.28. The zero-order valence-electron chi connectivity index (χ0n) is 13.7. The summed E-state index contributed by atoms with van der Waals surface area (Å²) >= 11 is 0. The molecule has 0 aliphatic carbocycles. The molecule has 0 aliphatic heterocycles. The number of amides is 1. The summed E-state index contributed by atoms with van der Waals surface area (Å²) in [5, 5.41) is 0. The molecular formula is C19H22N2O3. The molecule has 0 bridgehead atoms. The SMILES string of the molecule is COC(=O)CC(N)C(c1ccccc1)N(C=O)Cc1ccccc1. The van der Waals surface area contributed by atoms with E-state index in [1.54, 1.807) is 4.90 Å². The predicted molar refractivity (Wildman–Crippen MR) is 91.8 cm³/mol. The Balaban J connectivity index is 2.29. The quantitative estimate of drug-likeness (QED) is 0.597. The average Bonchev–Trinajstić information content (AvgIpc) is 2.62. The first-order valence-corrected chi connectivity index (χ1v) is 7.78. The summed E-state index contributed by atoms with van der Waals surface area (Å²) in [4.78, 5) is 25.0. The molecule has 2 atom stereocenters. The van der Waals surface area contributed by atoms with Crippen LogP contribution in [-0.4, -0.2) is 30.4 Å². The van der Waals surface area contributed by atoms with Crippen LogP contribution in [0.1, 0.15) is 23.6 Å². The van der Waals surface area contributed by atoms with Crippen LogP contribution in [0.15, 0.2) is 60.7 Å². The van der Waals surface area contributed by atoms with Crippen molar-refractivity contribution in [1.82, 2.24) is 4.90 Å². The van der Waals surface area contributed by atoms with E-state index in [4.69, 9.17) is 10.5 Å². The van der Waals surface area contributed by atoms with Gasteiger partial charge in [0, 0.05) is 12.6 Å². The molecule has 0 heterocycles. The van der Waals surface area contributed by atoms with Gasteiger partial charge in [-0.3, -0.25) is 9.59 Å². The fraction of sp³-hybridized carbons (Fsp3) is 0.263. The molecule has 24 heavy (non-hydrogen) atoms. The van der Waals surface area contributed by atoms with E-state index in [0.29, 0.717) is 6.54 Å². The zero-order chi connectivity index (χ0) is 17.4. The number of benzene rings is 2. The molecule has 2 rings (SSSR count). The van der Waals surface area contributed by atoms with Gasteiger partial charge in [-0.25, -0.2) is 0 Å². The van der Waals surface area contributed by atoms with Gasteiger partial charge in [0.15, 0.2) is 0 Å². The highest BCUT2D eigenvalue weighted by atomic mass is 16.5. The summed E-state index contributed by atoms with van der Waals surface area (Å²) < 4.78 is 4.71. The molecule has 0 aliphatic rings. The van der Waals surface area contributed by atoms with Crippen molar-refractivity contribution in [2.75, 3.05) is 7.11 Å². The molecule has 5 nitrogen and oxygen atoms in total. The second-order valence-corrected chi connectivity index (χ2v) is 5.56. The minimum absolute atomic E-state index is 0.0369. The summed E-state index contributed by atoms with van der Waals surface area (Å²) in [6.45, 7) is 0.415. The number of ether oxygens (including phenoxy) is 1. The zero-order valence-corrected chi connectivity index (χ0v) is 13.7. The first kappa shape index (κ1) is 17.7. The molecule has 126 valence electrons. The van der Waals surface area contributed by atoms with Gasteiger partial charge in [-0.15, -0.1) is 0 Å². The Morgan fingerprint density at radius 1 is 1.12 bits per heavy atom. The fourth-order valence-electron chi connectivity index (χ4n) is 2.72. The third kappa shape index (κ3) is 4.67. The van der Waals surface area contributed by atoms with E-state index in [-0.39, 0.29) is 6.42 Å². The van der Waals surface area contributed by atoms with Gasteiger partial charge in [0.1, 0.15) is 0 Å². The van der Waals surface area contributed by atoms with Gasteiger partial charge < -0.3 is 15.4 Å². The lowest BCUT2D eigenvalue weighted by molar-refractivity contribution is -0.141. The van der Waals surface area contributed by atoms with Gasteiger partial charge >= 0.3 is 5.97 Å². The van der Waals surface area contributed by atoms with Crippen LogP contribution in [0.2, 0.25) is 0 Å². The minimum atomic E-state index is -0.561. The van der Waals surface area contributed by atoms with E-state index < -0.39 is 18.1 Å². The smallest absolute Gasteiger partial charge is 0.307 e. The van der Waals surface area contributed by atoms with Crippen LogP contribution in [0.25, 0.3) is 0 Å². The highest BCUT2D eigenvalue weighted by molar-refractivity contribution is 5.70. The molecule has 0 radical (unpaired) electrons. The maximum atomic E-state index is 11.7. The van der Waals surface area contributed by atoms with Crippen LogP contribution in [0.4, 0.5) is 0 Å². The van der Waals surface area contributed by atoms with E-state index in [9.17, 15) is 9.59 Å². The van der Waals surface area contributed by atoms with Crippen molar-refractivity contribution in [1.29, 1.82) is 0 Å². The minimum Gasteiger partial charge on any atom is -0.469 e. The summed E-state index contributed by atoms with van der Waals surface area (Å²) in [5.74, 6) is -0.394. The van der Waals surface area contributed by atoms with Gasteiger partial charge in [-0.1, -0.05) is 60.7 Å². The number of methoxy groups -OCH3 is 1. The third-order valence-electron chi connectivity index (χ3n) is 3.88. The lowest BCUT2D eigenvalue weighted by atomic mass is 9.95. The van der Waals surface area contributed by atoms with Crippen molar-refractivity contribution in [3.05, 3.63) is 71.8 Å². The number of carbonyl (C=O) groups is 2. The Bertz CT molecular complexity index is 646. The maximum absolute atomic E-state index is 11.7. The summed E-state index contributed by atoms with van der Waals surface area (Å²) in [7, 11) is 1.33. The Kier molecular flexibility index (Phi) is 6.51. The summed E-state index contributed by atoms with van der Waals surface area (Å²) in [5.41, 5.74) is 8.14.